The Bertz CT molecular complexity index is 640. The molecule has 0 radical (unpaired) electrons. The summed E-state index contributed by atoms with van der Waals surface area (Å²) in [6.07, 6.45) is 0.856. The van der Waals surface area contributed by atoms with Gasteiger partial charge in [-0.05, 0) is 51.5 Å². The van der Waals surface area contributed by atoms with Crippen LogP contribution in [0.2, 0.25) is 0 Å². The van der Waals surface area contributed by atoms with E-state index in [4.69, 9.17) is 0 Å². The van der Waals surface area contributed by atoms with Crippen LogP contribution in [0.25, 0.3) is 0 Å². The van der Waals surface area contributed by atoms with Gasteiger partial charge in [0.15, 0.2) is 0 Å². The van der Waals surface area contributed by atoms with Crippen LogP contribution in [-0.2, 0) is 13.0 Å². The molecule has 0 fully saturated rings. The van der Waals surface area contributed by atoms with Crippen LogP contribution < -0.4 is 0 Å². The van der Waals surface area contributed by atoms with Crippen molar-refractivity contribution in [2.75, 3.05) is 6.54 Å². The lowest BCUT2D eigenvalue weighted by Gasteiger charge is -2.27. The molecule has 1 amide bonds. The average molecular weight is 340 g/mol. The molecule has 19 heavy (non-hydrogen) atoms. The van der Waals surface area contributed by atoms with Gasteiger partial charge in [0.25, 0.3) is 5.91 Å². The summed E-state index contributed by atoms with van der Waals surface area (Å²) in [6, 6.07) is 6.85. The number of thiophene rings is 1. The molecule has 0 bridgehead atoms. The molecule has 0 aliphatic carbocycles. The summed E-state index contributed by atoms with van der Waals surface area (Å²) in [5.41, 5.74) is 1.31. The lowest BCUT2D eigenvalue weighted by Crippen LogP contribution is -2.35. The van der Waals surface area contributed by atoms with E-state index in [1.807, 2.05) is 11.4 Å². The van der Waals surface area contributed by atoms with E-state index in [1.165, 1.54) is 16.5 Å². The Labute approximate surface area is 123 Å². The van der Waals surface area contributed by atoms with Gasteiger partial charge in [-0.1, -0.05) is 6.07 Å². The van der Waals surface area contributed by atoms with Gasteiger partial charge in [-0.2, -0.15) is 0 Å². The van der Waals surface area contributed by atoms with Crippen LogP contribution in [0.3, 0.4) is 0 Å². The van der Waals surface area contributed by atoms with Gasteiger partial charge >= 0.3 is 0 Å². The zero-order chi connectivity index (χ0) is 13.4. The zero-order valence-electron chi connectivity index (χ0n) is 10.0. The molecule has 2 heterocycles. The Morgan fingerprint density at radius 3 is 3.05 bits per heavy atom. The monoisotopic (exact) mass is 339 g/mol. The smallest absolute Gasteiger partial charge is 0.257 e. The van der Waals surface area contributed by atoms with Gasteiger partial charge < -0.3 is 4.90 Å². The minimum absolute atomic E-state index is 0.132. The van der Waals surface area contributed by atoms with E-state index in [0.717, 1.165) is 6.42 Å². The quantitative estimate of drug-likeness (QED) is 0.772. The molecule has 0 saturated heterocycles. The largest absolute Gasteiger partial charge is 0.334 e. The second kappa shape index (κ2) is 5.06. The summed E-state index contributed by atoms with van der Waals surface area (Å²) in [5.74, 6) is -0.723. The van der Waals surface area contributed by atoms with Crippen LogP contribution in [0.1, 0.15) is 20.8 Å². The van der Waals surface area contributed by atoms with E-state index < -0.39 is 5.82 Å². The predicted octanol–water partition coefficient (Wildman–Crippen LogP) is 3.85. The maximum absolute atomic E-state index is 14.0. The van der Waals surface area contributed by atoms with Gasteiger partial charge in [0, 0.05) is 18.0 Å². The number of benzene rings is 1. The number of nitrogens with zero attached hydrogens (tertiary/aromatic N) is 1. The van der Waals surface area contributed by atoms with Crippen LogP contribution in [0.4, 0.5) is 4.39 Å². The van der Waals surface area contributed by atoms with Crippen molar-refractivity contribution in [1.29, 1.82) is 0 Å². The van der Waals surface area contributed by atoms with E-state index in [-0.39, 0.29) is 11.5 Å². The van der Waals surface area contributed by atoms with E-state index in [1.54, 1.807) is 28.4 Å². The molecule has 0 spiro atoms. The first-order valence-electron chi connectivity index (χ1n) is 5.95. The highest BCUT2D eigenvalue weighted by Gasteiger charge is 2.24. The van der Waals surface area contributed by atoms with Crippen molar-refractivity contribution in [3.63, 3.8) is 0 Å². The van der Waals surface area contributed by atoms with Gasteiger partial charge in [-0.3, -0.25) is 4.79 Å². The number of halogens is 2. The molecule has 0 saturated carbocycles. The van der Waals surface area contributed by atoms with Crippen LogP contribution in [0.5, 0.6) is 0 Å². The number of hydrogen-bond acceptors (Lipinski definition) is 2. The summed E-state index contributed by atoms with van der Waals surface area (Å²) >= 11 is 4.83. The van der Waals surface area contributed by atoms with Crippen molar-refractivity contribution in [3.05, 3.63) is 55.9 Å². The molecular weight excluding hydrogens is 329 g/mol. The molecule has 1 aliphatic rings. The Morgan fingerprint density at radius 2 is 2.21 bits per heavy atom. The third-order valence-electron chi connectivity index (χ3n) is 3.28. The Hall–Kier alpha value is -1.20. The maximum Gasteiger partial charge on any atom is 0.257 e. The molecule has 1 aliphatic heterocycles. The van der Waals surface area contributed by atoms with Gasteiger partial charge in [-0.15, -0.1) is 11.3 Å². The molecule has 5 heteroatoms. The molecular formula is C14H11BrFNOS. The lowest BCUT2D eigenvalue weighted by molar-refractivity contribution is 0.0731. The van der Waals surface area contributed by atoms with Crippen molar-refractivity contribution < 1.29 is 9.18 Å². The highest BCUT2D eigenvalue weighted by atomic mass is 79.9. The number of fused-ring (bicyclic) bond motifs is 1. The van der Waals surface area contributed by atoms with Crippen LogP contribution in [0.15, 0.2) is 34.1 Å². The highest BCUT2D eigenvalue weighted by Crippen LogP contribution is 2.26. The maximum atomic E-state index is 14.0. The summed E-state index contributed by atoms with van der Waals surface area (Å²) in [7, 11) is 0. The molecule has 1 aromatic carbocycles. The standard InChI is InChI=1S/C14H11BrFNOS/c15-11-3-1-2-10(13(11)16)14(18)17-6-4-12-9(8-17)5-7-19-12/h1-3,5,7H,4,6,8H2. The number of carbonyl (C=O) groups excluding carboxylic acids is 1. The molecule has 3 rings (SSSR count). The first kappa shape index (κ1) is 12.8. The van der Waals surface area contributed by atoms with Crippen molar-refractivity contribution in [2.45, 2.75) is 13.0 Å². The second-order valence-corrected chi connectivity index (χ2v) is 6.30. The average Bonchev–Trinajstić information content (AvgIpc) is 2.88. The lowest BCUT2D eigenvalue weighted by atomic mass is 10.1. The van der Waals surface area contributed by atoms with Crippen LogP contribution in [-0.4, -0.2) is 17.4 Å². The normalized spacial score (nSPS) is 14.3. The molecule has 2 aromatic rings. The first-order chi connectivity index (χ1) is 9.16. The summed E-state index contributed by atoms with van der Waals surface area (Å²) in [4.78, 5) is 15.4. The Kier molecular flexibility index (Phi) is 3.41. The highest BCUT2D eigenvalue weighted by molar-refractivity contribution is 9.10. The molecule has 0 N–H and O–H groups in total. The topological polar surface area (TPSA) is 20.3 Å². The third kappa shape index (κ3) is 2.32. The van der Waals surface area contributed by atoms with Gasteiger partial charge in [-0.25, -0.2) is 4.39 Å². The first-order valence-corrected chi connectivity index (χ1v) is 7.62. The molecule has 0 unspecified atom stereocenters. The number of carbonyl (C=O) groups is 1. The second-order valence-electron chi connectivity index (χ2n) is 4.45. The Balaban J connectivity index is 1.88. The molecule has 1 aromatic heterocycles. The SMILES string of the molecule is O=C(c1cccc(Br)c1F)N1CCc2sccc2C1. The molecule has 2 nitrogen and oxygen atoms in total. The van der Waals surface area contributed by atoms with Gasteiger partial charge in [0.2, 0.25) is 0 Å². The Morgan fingerprint density at radius 1 is 1.37 bits per heavy atom. The van der Waals surface area contributed by atoms with Gasteiger partial charge in [0.05, 0.1) is 10.0 Å². The zero-order valence-corrected chi connectivity index (χ0v) is 12.4. The molecule has 98 valence electrons. The van der Waals surface area contributed by atoms with Crippen molar-refractivity contribution >= 4 is 33.2 Å². The van der Waals surface area contributed by atoms with Crippen LogP contribution in [0, 0.1) is 5.82 Å². The fraction of sp³-hybridized carbons (Fsp3) is 0.214. The predicted molar refractivity (Wildman–Crippen MR) is 76.9 cm³/mol. The number of hydrogen-bond donors (Lipinski definition) is 0. The van der Waals surface area contributed by atoms with Crippen molar-refractivity contribution in [3.8, 4) is 0 Å². The third-order valence-corrected chi connectivity index (χ3v) is 4.91. The summed E-state index contributed by atoms with van der Waals surface area (Å²) < 4.78 is 14.3. The van der Waals surface area contributed by atoms with Crippen LogP contribution >= 0.6 is 27.3 Å². The minimum atomic E-state index is -0.483. The number of amides is 1. The fourth-order valence-corrected chi connectivity index (χ4v) is 3.52. The summed E-state index contributed by atoms with van der Waals surface area (Å²) in [5, 5.41) is 2.04. The van der Waals surface area contributed by atoms with E-state index in [0.29, 0.717) is 17.6 Å². The van der Waals surface area contributed by atoms with Crippen molar-refractivity contribution in [1.82, 2.24) is 4.90 Å². The van der Waals surface area contributed by atoms with E-state index >= 15 is 0 Å². The minimum Gasteiger partial charge on any atom is -0.334 e. The van der Waals surface area contributed by atoms with E-state index in [9.17, 15) is 9.18 Å². The van der Waals surface area contributed by atoms with E-state index in [2.05, 4.69) is 15.9 Å². The number of rotatable bonds is 1. The van der Waals surface area contributed by atoms with Crippen molar-refractivity contribution in [2.24, 2.45) is 0 Å². The van der Waals surface area contributed by atoms with Gasteiger partial charge in [0.1, 0.15) is 5.82 Å². The summed E-state index contributed by atoms with van der Waals surface area (Å²) in [6.45, 7) is 1.22. The fourth-order valence-electron chi connectivity index (χ4n) is 2.26. The molecule has 0 atom stereocenters.